The first-order valence-corrected chi connectivity index (χ1v) is 12.2. The first kappa shape index (κ1) is 24.3. The normalized spacial score (nSPS) is 16.0. The lowest BCUT2D eigenvalue weighted by Crippen LogP contribution is -2.32. The van der Waals surface area contributed by atoms with Crippen LogP contribution in [0.1, 0.15) is 35.7 Å². The molecule has 2 N–H and O–H groups in total. The molecule has 0 aromatic heterocycles. The van der Waals surface area contributed by atoms with Crippen LogP contribution in [0.2, 0.25) is 5.02 Å². The molecule has 10 heteroatoms. The molecule has 1 atom stereocenters. The number of hydrogen-bond donors (Lipinski definition) is 2. The molecule has 2 aromatic rings. The number of amides is 1. The molecule has 1 unspecified atom stereocenters. The Hall–Kier alpha value is -2.33. The van der Waals surface area contributed by atoms with E-state index < -0.39 is 15.9 Å². The highest BCUT2D eigenvalue weighted by Gasteiger charge is 2.21. The molecule has 2 aromatic carbocycles. The first-order chi connectivity index (χ1) is 15.3. The van der Waals surface area contributed by atoms with Crippen molar-refractivity contribution in [3.8, 4) is 11.5 Å². The van der Waals surface area contributed by atoms with Crippen molar-refractivity contribution in [2.75, 3.05) is 26.9 Å². The molecule has 1 saturated heterocycles. The Labute approximate surface area is 193 Å². The van der Waals surface area contributed by atoms with Gasteiger partial charge in [0.15, 0.2) is 11.5 Å². The molecule has 8 nitrogen and oxygen atoms in total. The maximum absolute atomic E-state index is 12.6. The molecule has 0 aliphatic carbocycles. The van der Waals surface area contributed by atoms with Gasteiger partial charge in [-0.3, -0.25) is 4.79 Å². The molecule has 1 heterocycles. The largest absolute Gasteiger partial charge is 0.493 e. The Kier molecular flexibility index (Phi) is 8.36. The topological polar surface area (TPSA) is 103 Å². The fourth-order valence-electron chi connectivity index (χ4n) is 3.34. The highest BCUT2D eigenvalue weighted by atomic mass is 35.5. The van der Waals surface area contributed by atoms with Gasteiger partial charge in [-0.1, -0.05) is 17.7 Å². The van der Waals surface area contributed by atoms with Gasteiger partial charge in [-0.2, -0.15) is 0 Å². The lowest BCUT2D eigenvalue weighted by Gasteiger charge is -2.14. The van der Waals surface area contributed by atoms with Crippen molar-refractivity contribution in [3.63, 3.8) is 0 Å². The predicted octanol–water partition coefficient (Wildman–Crippen LogP) is 3.13. The maximum Gasteiger partial charge on any atom is 0.251 e. The quantitative estimate of drug-likeness (QED) is 0.539. The molecule has 1 aliphatic heterocycles. The van der Waals surface area contributed by atoms with Crippen molar-refractivity contribution in [1.29, 1.82) is 0 Å². The number of halogens is 1. The van der Waals surface area contributed by atoms with Gasteiger partial charge in [-0.25, -0.2) is 13.1 Å². The average Bonchev–Trinajstić information content (AvgIpc) is 3.31. The Morgan fingerprint density at radius 2 is 2.09 bits per heavy atom. The van der Waals surface area contributed by atoms with Crippen LogP contribution in [0.5, 0.6) is 11.5 Å². The Morgan fingerprint density at radius 3 is 2.78 bits per heavy atom. The van der Waals surface area contributed by atoms with Gasteiger partial charge in [0.1, 0.15) is 0 Å². The van der Waals surface area contributed by atoms with E-state index in [1.807, 2.05) is 6.92 Å². The Bertz CT molecular complexity index is 1050. The van der Waals surface area contributed by atoms with Crippen molar-refractivity contribution in [2.24, 2.45) is 0 Å². The van der Waals surface area contributed by atoms with E-state index in [0.29, 0.717) is 35.3 Å². The van der Waals surface area contributed by atoms with Crippen LogP contribution in [-0.2, 0) is 21.3 Å². The minimum Gasteiger partial charge on any atom is -0.493 e. The summed E-state index contributed by atoms with van der Waals surface area (Å²) in [6, 6.07) is 9.30. The monoisotopic (exact) mass is 482 g/mol. The van der Waals surface area contributed by atoms with Crippen LogP contribution in [-0.4, -0.2) is 47.3 Å². The molecule has 174 valence electrons. The standard InChI is InChI=1S/C22H27ClN2O6S/c1-3-30-21-19(23)10-15(11-20(21)29-2)13-24-22(26)16-6-4-8-18(12-16)32(27,28)25-14-17-7-5-9-31-17/h4,6,8,10-12,17,25H,3,5,7,9,13-14H2,1-2H3,(H,24,26). The number of benzene rings is 2. The van der Waals surface area contributed by atoms with Crippen molar-refractivity contribution in [3.05, 3.63) is 52.5 Å². The van der Waals surface area contributed by atoms with Crippen molar-refractivity contribution in [1.82, 2.24) is 10.0 Å². The van der Waals surface area contributed by atoms with Gasteiger partial charge in [0, 0.05) is 25.3 Å². The summed E-state index contributed by atoms with van der Waals surface area (Å²) in [4.78, 5) is 12.7. The van der Waals surface area contributed by atoms with E-state index in [-0.39, 0.29) is 29.7 Å². The minimum atomic E-state index is -3.75. The average molecular weight is 483 g/mol. The van der Waals surface area contributed by atoms with E-state index in [9.17, 15) is 13.2 Å². The van der Waals surface area contributed by atoms with E-state index >= 15 is 0 Å². The number of methoxy groups -OCH3 is 1. The molecule has 1 amide bonds. The number of carbonyl (C=O) groups excluding carboxylic acids is 1. The fraction of sp³-hybridized carbons (Fsp3) is 0.409. The third kappa shape index (κ3) is 6.13. The summed E-state index contributed by atoms with van der Waals surface area (Å²) in [7, 11) is -2.24. The summed E-state index contributed by atoms with van der Waals surface area (Å²) in [5.74, 6) is 0.499. The zero-order chi connectivity index (χ0) is 23.1. The number of ether oxygens (including phenoxy) is 3. The second kappa shape index (κ2) is 11.0. The Morgan fingerprint density at radius 1 is 1.28 bits per heavy atom. The second-order valence-electron chi connectivity index (χ2n) is 7.24. The van der Waals surface area contributed by atoms with Crippen LogP contribution in [0.25, 0.3) is 0 Å². The number of carbonyl (C=O) groups is 1. The highest BCUT2D eigenvalue weighted by Crippen LogP contribution is 2.36. The smallest absolute Gasteiger partial charge is 0.251 e. The van der Waals surface area contributed by atoms with E-state index in [0.717, 1.165) is 12.8 Å². The summed E-state index contributed by atoms with van der Waals surface area (Å²) in [6.07, 6.45) is 1.63. The van der Waals surface area contributed by atoms with Gasteiger partial charge < -0.3 is 19.5 Å². The van der Waals surface area contributed by atoms with Gasteiger partial charge in [0.2, 0.25) is 10.0 Å². The van der Waals surface area contributed by atoms with Gasteiger partial charge in [0.25, 0.3) is 5.91 Å². The summed E-state index contributed by atoms with van der Waals surface area (Å²) in [5, 5.41) is 3.15. The predicted molar refractivity (Wildman–Crippen MR) is 121 cm³/mol. The van der Waals surface area contributed by atoms with Crippen LogP contribution in [0.15, 0.2) is 41.3 Å². The number of nitrogens with one attached hydrogen (secondary N) is 2. The molecule has 0 bridgehead atoms. The van der Waals surface area contributed by atoms with Crippen molar-refractivity contribution < 1.29 is 27.4 Å². The van der Waals surface area contributed by atoms with Crippen LogP contribution in [0.4, 0.5) is 0 Å². The van der Waals surface area contributed by atoms with Crippen molar-refractivity contribution >= 4 is 27.5 Å². The zero-order valence-electron chi connectivity index (χ0n) is 18.0. The summed E-state index contributed by atoms with van der Waals surface area (Å²) >= 11 is 6.27. The molecule has 0 radical (unpaired) electrons. The van der Waals surface area contributed by atoms with E-state index in [1.165, 1.54) is 25.3 Å². The number of rotatable bonds is 10. The maximum atomic E-state index is 12.6. The van der Waals surface area contributed by atoms with E-state index in [2.05, 4.69) is 10.0 Å². The van der Waals surface area contributed by atoms with Crippen LogP contribution < -0.4 is 19.5 Å². The fourth-order valence-corrected chi connectivity index (χ4v) is 4.74. The van der Waals surface area contributed by atoms with Gasteiger partial charge in [0.05, 0.1) is 29.7 Å². The van der Waals surface area contributed by atoms with Crippen LogP contribution in [0.3, 0.4) is 0 Å². The molecule has 0 saturated carbocycles. The summed E-state index contributed by atoms with van der Waals surface area (Å²) in [5.41, 5.74) is 0.944. The Balaban J connectivity index is 1.66. The summed E-state index contributed by atoms with van der Waals surface area (Å²) < 4.78 is 44.0. The first-order valence-electron chi connectivity index (χ1n) is 10.3. The third-order valence-electron chi connectivity index (χ3n) is 4.96. The number of hydrogen-bond acceptors (Lipinski definition) is 6. The van der Waals surface area contributed by atoms with Gasteiger partial charge in [-0.05, 0) is 55.7 Å². The van der Waals surface area contributed by atoms with Gasteiger partial charge in [-0.15, -0.1) is 0 Å². The van der Waals surface area contributed by atoms with E-state index in [1.54, 1.807) is 18.2 Å². The highest BCUT2D eigenvalue weighted by molar-refractivity contribution is 7.89. The number of sulfonamides is 1. The second-order valence-corrected chi connectivity index (χ2v) is 9.41. The molecule has 32 heavy (non-hydrogen) atoms. The lowest BCUT2D eigenvalue weighted by molar-refractivity contribution is 0.0950. The van der Waals surface area contributed by atoms with E-state index in [4.69, 9.17) is 25.8 Å². The van der Waals surface area contributed by atoms with Crippen LogP contribution in [0, 0.1) is 0 Å². The third-order valence-corrected chi connectivity index (χ3v) is 6.66. The van der Waals surface area contributed by atoms with Crippen LogP contribution >= 0.6 is 11.6 Å². The lowest BCUT2D eigenvalue weighted by atomic mass is 10.1. The molecule has 1 aliphatic rings. The molecule has 0 spiro atoms. The van der Waals surface area contributed by atoms with Gasteiger partial charge >= 0.3 is 0 Å². The van der Waals surface area contributed by atoms with Crippen molar-refractivity contribution in [2.45, 2.75) is 37.3 Å². The zero-order valence-corrected chi connectivity index (χ0v) is 19.6. The molecule has 1 fully saturated rings. The SMILES string of the molecule is CCOc1c(Cl)cc(CNC(=O)c2cccc(S(=O)(=O)NCC3CCCO3)c2)cc1OC. The molecular formula is C22H27ClN2O6S. The molecular weight excluding hydrogens is 456 g/mol. The summed E-state index contributed by atoms with van der Waals surface area (Å²) in [6.45, 7) is 3.31. The minimum absolute atomic E-state index is 0.0222. The molecule has 3 rings (SSSR count).